The molecule has 1 aliphatic heterocycles. The lowest BCUT2D eigenvalue weighted by atomic mass is 9.78. The molecular weight excluding hydrogens is 342 g/mol. The van der Waals surface area contributed by atoms with Crippen LogP contribution in [0.5, 0.6) is 0 Å². The molecule has 0 aromatic carbocycles. The molecule has 2 fully saturated rings. The van der Waals surface area contributed by atoms with Crippen LogP contribution < -0.4 is 0 Å². The number of fused-ring (bicyclic) bond motifs is 2. The number of furan rings is 1. The zero-order chi connectivity index (χ0) is 18.4. The van der Waals surface area contributed by atoms with Crippen molar-refractivity contribution in [2.75, 3.05) is 6.54 Å². The van der Waals surface area contributed by atoms with Crippen molar-refractivity contribution in [3.63, 3.8) is 0 Å². The molecular formula is C21H23N3O3. The number of aromatic nitrogens is 2. The Morgan fingerprint density at radius 1 is 1.22 bits per heavy atom. The summed E-state index contributed by atoms with van der Waals surface area (Å²) in [5.41, 5.74) is 2.31. The summed E-state index contributed by atoms with van der Waals surface area (Å²) in [5, 5.41) is 4.76. The number of amides is 1. The number of hydrogen-bond donors (Lipinski definition) is 0. The number of hydrogen-bond acceptors (Lipinski definition) is 5. The molecule has 1 amide bonds. The Labute approximate surface area is 157 Å². The van der Waals surface area contributed by atoms with E-state index < -0.39 is 0 Å². The van der Waals surface area contributed by atoms with Crippen molar-refractivity contribution in [3.05, 3.63) is 35.7 Å². The standard InChI is InChI=1S/C21H23N3O3/c1-13-19-15(12-16(18-9-5-11-26-18)22-20(19)27-23-13)21(25)24-10-4-7-14-6-2-3-8-17(14)24/h5,9,11-12,14,17H,2-4,6-8,10H2,1H3. The minimum Gasteiger partial charge on any atom is -0.463 e. The van der Waals surface area contributed by atoms with E-state index in [0.717, 1.165) is 19.4 Å². The zero-order valence-corrected chi connectivity index (χ0v) is 15.5. The van der Waals surface area contributed by atoms with Crippen LogP contribution in [0.1, 0.15) is 54.6 Å². The van der Waals surface area contributed by atoms with Gasteiger partial charge >= 0.3 is 0 Å². The second-order valence-corrected chi connectivity index (χ2v) is 7.73. The van der Waals surface area contributed by atoms with E-state index in [0.29, 0.717) is 45.8 Å². The molecule has 0 radical (unpaired) electrons. The topological polar surface area (TPSA) is 72.4 Å². The Balaban J connectivity index is 1.60. The van der Waals surface area contributed by atoms with Gasteiger partial charge in [-0.25, -0.2) is 4.98 Å². The Morgan fingerprint density at radius 3 is 2.93 bits per heavy atom. The van der Waals surface area contributed by atoms with E-state index in [9.17, 15) is 4.79 Å². The van der Waals surface area contributed by atoms with Crippen molar-refractivity contribution in [3.8, 4) is 11.5 Å². The number of nitrogens with zero attached hydrogens (tertiary/aromatic N) is 3. The van der Waals surface area contributed by atoms with Gasteiger partial charge in [0.2, 0.25) is 0 Å². The fourth-order valence-corrected chi connectivity index (χ4v) is 4.85. The SMILES string of the molecule is Cc1noc2nc(-c3ccco3)cc(C(=O)N3CCCC4CCCCC43)c12. The monoisotopic (exact) mass is 365 g/mol. The first-order chi connectivity index (χ1) is 13.2. The van der Waals surface area contributed by atoms with Gasteiger partial charge in [-0.3, -0.25) is 4.79 Å². The summed E-state index contributed by atoms with van der Waals surface area (Å²) in [6.45, 7) is 2.68. The van der Waals surface area contributed by atoms with Gasteiger partial charge in [0.15, 0.2) is 5.76 Å². The third-order valence-electron chi connectivity index (χ3n) is 6.13. The molecule has 0 spiro atoms. The second kappa shape index (κ2) is 6.51. The molecule has 1 saturated heterocycles. The van der Waals surface area contributed by atoms with E-state index in [4.69, 9.17) is 8.94 Å². The molecule has 4 heterocycles. The smallest absolute Gasteiger partial charge is 0.259 e. The predicted molar refractivity (Wildman–Crippen MR) is 100 cm³/mol. The molecule has 27 heavy (non-hydrogen) atoms. The first-order valence-corrected chi connectivity index (χ1v) is 9.84. The number of carbonyl (C=O) groups is 1. The van der Waals surface area contributed by atoms with Crippen LogP contribution in [0.3, 0.4) is 0 Å². The summed E-state index contributed by atoms with van der Waals surface area (Å²) in [6.07, 6.45) is 8.77. The maximum absolute atomic E-state index is 13.6. The van der Waals surface area contributed by atoms with Gasteiger partial charge in [-0.05, 0) is 56.7 Å². The van der Waals surface area contributed by atoms with E-state index >= 15 is 0 Å². The van der Waals surface area contributed by atoms with Crippen molar-refractivity contribution >= 4 is 17.0 Å². The molecule has 1 saturated carbocycles. The van der Waals surface area contributed by atoms with E-state index in [1.165, 1.54) is 25.7 Å². The van der Waals surface area contributed by atoms with E-state index in [2.05, 4.69) is 15.0 Å². The molecule has 6 nitrogen and oxygen atoms in total. The van der Waals surface area contributed by atoms with Crippen LogP contribution >= 0.6 is 0 Å². The highest BCUT2D eigenvalue weighted by atomic mass is 16.5. The molecule has 0 N–H and O–H groups in total. The number of piperidine rings is 1. The fourth-order valence-electron chi connectivity index (χ4n) is 4.85. The summed E-state index contributed by atoms with van der Waals surface area (Å²) < 4.78 is 10.9. The first kappa shape index (κ1) is 16.5. The maximum Gasteiger partial charge on any atom is 0.259 e. The number of aryl methyl sites for hydroxylation is 1. The van der Waals surface area contributed by atoms with E-state index in [-0.39, 0.29) is 5.91 Å². The third-order valence-corrected chi connectivity index (χ3v) is 6.13. The van der Waals surface area contributed by atoms with Gasteiger partial charge in [0.05, 0.1) is 22.9 Å². The largest absolute Gasteiger partial charge is 0.463 e. The zero-order valence-electron chi connectivity index (χ0n) is 15.5. The average molecular weight is 365 g/mol. The summed E-state index contributed by atoms with van der Waals surface area (Å²) in [6, 6.07) is 5.84. The summed E-state index contributed by atoms with van der Waals surface area (Å²) in [4.78, 5) is 20.3. The van der Waals surface area contributed by atoms with Gasteiger partial charge in [0.1, 0.15) is 5.69 Å². The molecule has 2 unspecified atom stereocenters. The Bertz CT molecular complexity index is 974. The van der Waals surface area contributed by atoms with Crippen LogP contribution in [0, 0.1) is 12.8 Å². The minimum absolute atomic E-state index is 0.0677. The van der Waals surface area contributed by atoms with Crippen LogP contribution in [0.2, 0.25) is 0 Å². The van der Waals surface area contributed by atoms with Gasteiger partial charge in [0, 0.05) is 12.6 Å². The van der Waals surface area contributed by atoms with Gasteiger partial charge < -0.3 is 13.8 Å². The molecule has 3 aromatic heterocycles. The van der Waals surface area contributed by atoms with Crippen LogP contribution in [0.4, 0.5) is 0 Å². The summed E-state index contributed by atoms with van der Waals surface area (Å²) >= 11 is 0. The Hall–Kier alpha value is -2.63. The highest BCUT2D eigenvalue weighted by molar-refractivity contribution is 6.07. The van der Waals surface area contributed by atoms with Crippen LogP contribution in [-0.4, -0.2) is 33.5 Å². The molecule has 140 valence electrons. The lowest BCUT2D eigenvalue weighted by Crippen LogP contribution is -2.49. The average Bonchev–Trinajstić information content (AvgIpc) is 3.37. The lowest BCUT2D eigenvalue weighted by Gasteiger charge is -2.44. The molecule has 3 aromatic rings. The van der Waals surface area contributed by atoms with Crippen LogP contribution in [0.25, 0.3) is 22.6 Å². The van der Waals surface area contributed by atoms with Crippen molar-refractivity contribution in [1.82, 2.24) is 15.0 Å². The Kier molecular flexibility index (Phi) is 3.99. The van der Waals surface area contributed by atoms with E-state index in [1.807, 2.05) is 25.1 Å². The van der Waals surface area contributed by atoms with Crippen molar-refractivity contribution in [2.24, 2.45) is 5.92 Å². The Morgan fingerprint density at radius 2 is 2.07 bits per heavy atom. The highest BCUT2D eigenvalue weighted by Crippen LogP contribution is 2.37. The molecule has 2 aliphatic rings. The van der Waals surface area contributed by atoms with Crippen molar-refractivity contribution in [1.29, 1.82) is 0 Å². The quantitative estimate of drug-likeness (QED) is 0.664. The normalized spacial score (nSPS) is 22.8. The number of rotatable bonds is 2. The molecule has 0 bridgehead atoms. The molecule has 2 atom stereocenters. The van der Waals surface area contributed by atoms with Crippen LogP contribution in [-0.2, 0) is 0 Å². The predicted octanol–water partition coefficient (Wildman–Crippen LogP) is 4.59. The second-order valence-electron chi connectivity index (χ2n) is 7.73. The first-order valence-electron chi connectivity index (χ1n) is 9.84. The molecule has 5 rings (SSSR count). The molecule has 1 aliphatic carbocycles. The van der Waals surface area contributed by atoms with Crippen molar-refractivity contribution in [2.45, 2.75) is 51.5 Å². The maximum atomic E-state index is 13.6. The van der Waals surface area contributed by atoms with Gasteiger partial charge in [-0.15, -0.1) is 0 Å². The number of likely N-dealkylation sites (tertiary alicyclic amines) is 1. The summed E-state index contributed by atoms with van der Waals surface area (Å²) in [7, 11) is 0. The van der Waals surface area contributed by atoms with Gasteiger partial charge in [-0.2, -0.15) is 0 Å². The highest BCUT2D eigenvalue weighted by Gasteiger charge is 2.37. The van der Waals surface area contributed by atoms with Gasteiger partial charge in [0.25, 0.3) is 11.6 Å². The van der Waals surface area contributed by atoms with Gasteiger partial charge in [-0.1, -0.05) is 18.0 Å². The third kappa shape index (κ3) is 2.74. The summed E-state index contributed by atoms with van der Waals surface area (Å²) in [5.74, 6) is 1.33. The minimum atomic E-state index is 0.0677. The van der Waals surface area contributed by atoms with E-state index in [1.54, 1.807) is 6.26 Å². The molecule has 6 heteroatoms. The number of pyridine rings is 1. The lowest BCUT2D eigenvalue weighted by molar-refractivity contribution is 0.0392. The van der Waals surface area contributed by atoms with Crippen molar-refractivity contribution < 1.29 is 13.7 Å². The number of carbonyl (C=O) groups excluding carboxylic acids is 1. The fraction of sp³-hybridized carbons (Fsp3) is 0.476. The van der Waals surface area contributed by atoms with Crippen LogP contribution in [0.15, 0.2) is 33.4 Å².